The van der Waals surface area contributed by atoms with E-state index < -0.39 is 5.82 Å². The molecule has 1 saturated carbocycles. The Morgan fingerprint density at radius 3 is 2.76 bits per heavy atom. The number of benzene rings is 1. The molecule has 0 atom stereocenters. The molecule has 0 saturated heterocycles. The van der Waals surface area contributed by atoms with Gasteiger partial charge in [0.2, 0.25) is 0 Å². The van der Waals surface area contributed by atoms with Crippen LogP contribution in [0.5, 0.6) is 0 Å². The quantitative estimate of drug-likeness (QED) is 0.663. The predicted molar refractivity (Wildman–Crippen MR) is 112 cm³/mol. The van der Waals surface area contributed by atoms with Gasteiger partial charge in [0.1, 0.15) is 5.82 Å². The Bertz CT molecular complexity index is 1000. The fourth-order valence-corrected chi connectivity index (χ4v) is 4.42. The van der Waals surface area contributed by atoms with Crippen molar-refractivity contribution >= 4 is 29.2 Å². The summed E-state index contributed by atoms with van der Waals surface area (Å²) >= 11 is 0. The van der Waals surface area contributed by atoms with Gasteiger partial charge in [0.25, 0.3) is 11.8 Å². The number of nitrogens with one attached hydrogen (secondary N) is 3. The van der Waals surface area contributed by atoms with Gasteiger partial charge in [0, 0.05) is 29.2 Å². The highest BCUT2D eigenvalue weighted by Crippen LogP contribution is 2.34. The molecule has 1 aromatic carbocycles. The van der Waals surface area contributed by atoms with Crippen LogP contribution in [0.15, 0.2) is 18.2 Å². The Kier molecular flexibility index (Phi) is 5.26. The average Bonchev–Trinajstić information content (AvgIpc) is 3.16. The van der Waals surface area contributed by atoms with E-state index in [2.05, 4.69) is 15.6 Å². The van der Waals surface area contributed by atoms with E-state index in [1.807, 2.05) is 13.8 Å². The maximum absolute atomic E-state index is 13.7. The van der Waals surface area contributed by atoms with Gasteiger partial charge in [0.05, 0.1) is 11.1 Å². The van der Waals surface area contributed by atoms with Gasteiger partial charge >= 0.3 is 0 Å². The first-order valence-electron chi connectivity index (χ1n) is 10.2. The zero-order valence-corrected chi connectivity index (χ0v) is 16.8. The number of hydrogen-bond donors (Lipinski definition) is 3. The number of hydrogen-bond acceptors (Lipinski definition) is 2. The summed E-state index contributed by atoms with van der Waals surface area (Å²) in [6.07, 6.45) is 7.82. The summed E-state index contributed by atoms with van der Waals surface area (Å²) in [4.78, 5) is 28.4. The number of halogens is 1. The van der Waals surface area contributed by atoms with Crippen LogP contribution in [0.25, 0.3) is 11.6 Å². The highest BCUT2D eigenvalue weighted by atomic mass is 19.1. The summed E-state index contributed by atoms with van der Waals surface area (Å²) in [5.41, 5.74) is 4.36. The second-order valence-corrected chi connectivity index (χ2v) is 8.08. The molecule has 1 aromatic heterocycles. The number of fused-ring (bicyclic) bond motifs is 1. The number of aryl methyl sites for hydroxylation is 1. The van der Waals surface area contributed by atoms with Gasteiger partial charge in [-0.2, -0.15) is 0 Å². The fraction of sp³-hybridized carbons (Fsp3) is 0.391. The lowest BCUT2D eigenvalue weighted by Crippen LogP contribution is -2.30. The van der Waals surface area contributed by atoms with Crippen molar-refractivity contribution in [3.63, 3.8) is 0 Å². The number of anilines is 1. The Hall–Kier alpha value is -2.89. The van der Waals surface area contributed by atoms with E-state index in [0.717, 1.165) is 11.3 Å². The molecule has 5 nitrogen and oxygen atoms in total. The van der Waals surface area contributed by atoms with E-state index >= 15 is 0 Å². The number of aromatic amines is 1. The number of H-pyrrole nitrogens is 1. The first-order chi connectivity index (χ1) is 13.9. The molecular formula is C23H26FN3O2. The minimum Gasteiger partial charge on any atom is -0.358 e. The lowest BCUT2D eigenvalue weighted by Gasteiger charge is -2.21. The monoisotopic (exact) mass is 395 g/mol. The summed E-state index contributed by atoms with van der Waals surface area (Å²) in [7, 11) is 0. The molecule has 0 spiro atoms. The molecule has 1 fully saturated rings. The normalized spacial score (nSPS) is 18.0. The number of amides is 2. The van der Waals surface area contributed by atoms with E-state index in [0.29, 0.717) is 40.5 Å². The molecule has 3 N–H and O–H groups in total. The topological polar surface area (TPSA) is 74.0 Å². The Morgan fingerprint density at radius 2 is 2.00 bits per heavy atom. The van der Waals surface area contributed by atoms with E-state index in [1.54, 1.807) is 12.1 Å². The van der Waals surface area contributed by atoms with Gasteiger partial charge in [0.15, 0.2) is 0 Å². The molecular weight excluding hydrogens is 369 g/mol. The van der Waals surface area contributed by atoms with Crippen LogP contribution in [0.3, 0.4) is 0 Å². The molecule has 4 rings (SSSR count). The van der Waals surface area contributed by atoms with Crippen LogP contribution in [-0.4, -0.2) is 23.3 Å². The number of carbonyl (C=O) groups is 2. The van der Waals surface area contributed by atoms with Crippen LogP contribution in [-0.2, 0) is 4.79 Å². The standard InChI is InChI=1S/C23H26FN3O2/c1-13-20(11-18-17-10-16(24)8-9-19(17)27-22(18)28)26-14(2)21(13)23(29)25-12-15-6-4-3-5-7-15/h8-11,15,26H,3-7,12H2,1-2H3,(H,25,29)(H,27,28)/b18-11-. The van der Waals surface area contributed by atoms with Crippen molar-refractivity contribution in [3.05, 3.63) is 52.1 Å². The smallest absolute Gasteiger partial charge is 0.256 e. The maximum atomic E-state index is 13.7. The summed E-state index contributed by atoms with van der Waals surface area (Å²) in [6.45, 7) is 4.42. The van der Waals surface area contributed by atoms with Crippen molar-refractivity contribution in [2.24, 2.45) is 5.92 Å². The minimum atomic E-state index is -0.395. The van der Waals surface area contributed by atoms with Crippen LogP contribution in [0, 0.1) is 25.6 Å². The second-order valence-electron chi connectivity index (χ2n) is 8.08. The van der Waals surface area contributed by atoms with Crippen molar-refractivity contribution in [2.45, 2.75) is 46.0 Å². The molecule has 1 aliphatic carbocycles. The van der Waals surface area contributed by atoms with Gasteiger partial charge < -0.3 is 15.6 Å². The van der Waals surface area contributed by atoms with E-state index in [-0.39, 0.29) is 11.8 Å². The highest BCUT2D eigenvalue weighted by Gasteiger charge is 2.26. The number of rotatable bonds is 4. The van der Waals surface area contributed by atoms with Crippen LogP contribution in [0.4, 0.5) is 10.1 Å². The molecule has 0 bridgehead atoms. The molecule has 29 heavy (non-hydrogen) atoms. The number of carbonyl (C=O) groups excluding carboxylic acids is 2. The van der Waals surface area contributed by atoms with Gasteiger partial charge in [-0.25, -0.2) is 4.39 Å². The van der Waals surface area contributed by atoms with Crippen molar-refractivity contribution in [2.75, 3.05) is 11.9 Å². The third kappa shape index (κ3) is 3.84. The van der Waals surface area contributed by atoms with Gasteiger partial charge in [-0.15, -0.1) is 0 Å². The Morgan fingerprint density at radius 1 is 1.24 bits per heavy atom. The van der Waals surface area contributed by atoms with Crippen LogP contribution >= 0.6 is 0 Å². The Balaban J connectivity index is 1.58. The fourth-order valence-electron chi connectivity index (χ4n) is 4.42. The van der Waals surface area contributed by atoms with E-state index in [1.165, 1.54) is 44.2 Å². The SMILES string of the molecule is Cc1[nH]c(/C=C2\C(=O)Nc3ccc(F)cc32)c(C)c1C(=O)NCC1CCCCC1. The van der Waals surface area contributed by atoms with Gasteiger partial charge in [-0.1, -0.05) is 19.3 Å². The van der Waals surface area contributed by atoms with Crippen LogP contribution in [0.1, 0.15) is 65.0 Å². The molecule has 2 aliphatic rings. The predicted octanol–water partition coefficient (Wildman–Crippen LogP) is 4.57. The average molecular weight is 395 g/mol. The zero-order valence-electron chi connectivity index (χ0n) is 16.8. The molecule has 6 heteroatoms. The molecule has 152 valence electrons. The summed E-state index contributed by atoms with van der Waals surface area (Å²) in [5.74, 6) is -0.204. The van der Waals surface area contributed by atoms with Crippen molar-refractivity contribution in [1.82, 2.24) is 10.3 Å². The van der Waals surface area contributed by atoms with Crippen molar-refractivity contribution < 1.29 is 14.0 Å². The second kappa shape index (κ2) is 7.85. The van der Waals surface area contributed by atoms with Crippen molar-refractivity contribution in [1.29, 1.82) is 0 Å². The molecule has 2 heterocycles. The van der Waals surface area contributed by atoms with Gasteiger partial charge in [-0.3, -0.25) is 9.59 Å². The van der Waals surface area contributed by atoms with E-state index in [4.69, 9.17) is 0 Å². The first-order valence-corrected chi connectivity index (χ1v) is 10.2. The van der Waals surface area contributed by atoms with E-state index in [9.17, 15) is 14.0 Å². The molecule has 0 unspecified atom stereocenters. The third-order valence-corrected chi connectivity index (χ3v) is 6.03. The minimum absolute atomic E-state index is 0.0891. The molecule has 2 amide bonds. The number of aromatic nitrogens is 1. The summed E-state index contributed by atoms with van der Waals surface area (Å²) in [6, 6.07) is 4.23. The maximum Gasteiger partial charge on any atom is 0.256 e. The Labute approximate surface area is 169 Å². The molecule has 0 radical (unpaired) electrons. The first kappa shape index (κ1) is 19.4. The van der Waals surface area contributed by atoms with Crippen LogP contribution in [0.2, 0.25) is 0 Å². The summed E-state index contributed by atoms with van der Waals surface area (Å²) < 4.78 is 13.7. The molecule has 2 aromatic rings. The summed E-state index contributed by atoms with van der Waals surface area (Å²) in [5, 5.41) is 5.83. The zero-order chi connectivity index (χ0) is 20.5. The molecule has 1 aliphatic heterocycles. The lowest BCUT2D eigenvalue weighted by molar-refractivity contribution is -0.110. The van der Waals surface area contributed by atoms with Gasteiger partial charge in [-0.05, 0) is 62.4 Å². The highest BCUT2D eigenvalue weighted by molar-refractivity contribution is 6.34. The lowest BCUT2D eigenvalue weighted by atomic mass is 9.89. The van der Waals surface area contributed by atoms with Crippen LogP contribution < -0.4 is 10.6 Å². The van der Waals surface area contributed by atoms with Crippen molar-refractivity contribution in [3.8, 4) is 0 Å². The largest absolute Gasteiger partial charge is 0.358 e. The third-order valence-electron chi connectivity index (χ3n) is 6.03.